The maximum absolute atomic E-state index is 13.7. The average molecular weight is 602 g/mol. The van der Waals surface area contributed by atoms with Gasteiger partial charge in [0.05, 0.1) is 24.0 Å². The van der Waals surface area contributed by atoms with E-state index in [1.54, 1.807) is 66.6 Å². The van der Waals surface area contributed by atoms with Crippen molar-refractivity contribution in [3.8, 4) is 11.5 Å². The summed E-state index contributed by atoms with van der Waals surface area (Å²) >= 11 is 0. The number of benzene rings is 3. The molecule has 0 radical (unpaired) electrons. The number of methoxy groups -OCH3 is 1. The average Bonchev–Trinajstić information content (AvgIpc) is 2.97. The van der Waals surface area contributed by atoms with E-state index in [1.807, 2.05) is 32.9 Å². The van der Waals surface area contributed by atoms with Crippen LogP contribution in [0.25, 0.3) is 0 Å². The highest BCUT2D eigenvalue weighted by Crippen LogP contribution is 2.32. The van der Waals surface area contributed by atoms with E-state index < -0.39 is 5.60 Å². The molecule has 0 aromatic heterocycles. The molecular weight excluding hydrogens is 558 g/mol. The standard InChI is InChI=1S/C35H43N3O6/c1-34(2,3)24-14-17-27(30(22-24)43-26-18-20-38(21-19-26)33(41)44-35(4,5)6)32(40)37-29-11-9-8-10-28(29)36-31(39)23-12-15-25(42-7)16-13-23/h8-17,22,26H,18-21H2,1-7H3,(H,36,39)(H,37,40). The fourth-order valence-corrected chi connectivity index (χ4v) is 4.76. The highest BCUT2D eigenvalue weighted by molar-refractivity contribution is 6.10. The predicted molar refractivity (Wildman–Crippen MR) is 172 cm³/mol. The van der Waals surface area contributed by atoms with Crippen molar-refractivity contribution in [2.24, 2.45) is 0 Å². The third kappa shape index (κ3) is 8.52. The molecular formula is C35H43N3O6. The van der Waals surface area contributed by atoms with E-state index in [9.17, 15) is 14.4 Å². The highest BCUT2D eigenvalue weighted by atomic mass is 16.6. The lowest BCUT2D eigenvalue weighted by Crippen LogP contribution is -2.44. The lowest BCUT2D eigenvalue weighted by molar-refractivity contribution is 0.0126. The van der Waals surface area contributed by atoms with Crippen LogP contribution >= 0.6 is 0 Å². The smallest absolute Gasteiger partial charge is 0.410 e. The van der Waals surface area contributed by atoms with E-state index in [4.69, 9.17) is 14.2 Å². The lowest BCUT2D eigenvalue weighted by atomic mass is 9.86. The van der Waals surface area contributed by atoms with Gasteiger partial charge in [0.25, 0.3) is 11.8 Å². The first-order valence-electron chi connectivity index (χ1n) is 14.9. The molecule has 1 fully saturated rings. The second-order valence-electron chi connectivity index (χ2n) is 12.9. The zero-order valence-electron chi connectivity index (χ0n) is 26.7. The zero-order valence-corrected chi connectivity index (χ0v) is 26.7. The molecule has 44 heavy (non-hydrogen) atoms. The monoisotopic (exact) mass is 601 g/mol. The second kappa shape index (κ2) is 13.4. The summed E-state index contributed by atoms with van der Waals surface area (Å²) in [4.78, 5) is 40.9. The zero-order chi connectivity index (χ0) is 32.1. The quantitative estimate of drug-likeness (QED) is 0.295. The van der Waals surface area contributed by atoms with Crippen LogP contribution in [-0.4, -0.2) is 54.7 Å². The fourth-order valence-electron chi connectivity index (χ4n) is 4.76. The number of rotatable bonds is 7. The highest BCUT2D eigenvalue weighted by Gasteiger charge is 2.29. The predicted octanol–water partition coefficient (Wildman–Crippen LogP) is 7.28. The van der Waals surface area contributed by atoms with Crippen molar-refractivity contribution >= 4 is 29.3 Å². The number of carbonyl (C=O) groups is 3. The first kappa shape index (κ1) is 32.4. The van der Waals surface area contributed by atoms with Crippen LogP contribution in [0.15, 0.2) is 66.7 Å². The molecule has 2 N–H and O–H groups in total. The number of carbonyl (C=O) groups excluding carboxylic acids is 3. The Morgan fingerprint density at radius 2 is 1.39 bits per heavy atom. The van der Waals surface area contributed by atoms with Crippen molar-refractivity contribution < 1.29 is 28.6 Å². The number of piperidine rings is 1. The van der Waals surface area contributed by atoms with Crippen LogP contribution in [0.4, 0.5) is 16.2 Å². The first-order chi connectivity index (χ1) is 20.7. The molecule has 3 aromatic rings. The SMILES string of the molecule is COc1ccc(C(=O)Nc2ccccc2NC(=O)c2ccc(C(C)(C)C)cc2OC2CCN(C(=O)OC(C)(C)C)CC2)cc1. The molecule has 234 valence electrons. The maximum Gasteiger partial charge on any atom is 0.410 e. The normalized spacial score (nSPS) is 14.0. The molecule has 0 unspecified atom stereocenters. The van der Waals surface area contributed by atoms with Gasteiger partial charge in [-0.3, -0.25) is 9.59 Å². The first-order valence-corrected chi connectivity index (χ1v) is 14.9. The summed E-state index contributed by atoms with van der Waals surface area (Å²) in [6.07, 6.45) is 0.718. The fraction of sp³-hybridized carbons (Fsp3) is 0.400. The lowest BCUT2D eigenvalue weighted by Gasteiger charge is -2.34. The van der Waals surface area contributed by atoms with Gasteiger partial charge in [-0.25, -0.2) is 4.79 Å². The van der Waals surface area contributed by atoms with E-state index in [1.165, 1.54) is 0 Å². The van der Waals surface area contributed by atoms with Crippen molar-refractivity contribution in [1.82, 2.24) is 4.90 Å². The summed E-state index contributed by atoms with van der Waals surface area (Å²) in [6, 6.07) is 19.5. The molecule has 9 heteroatoms. The number of nitrogens with zero attached hydrogens (tertiary/aromatic N) is 1. The van der Waals surface area contributed by atoms with Crippen molar-refractivity contribution in [3.05, 3.63) is 83.4 Å². The molecule has 0 saturated carbocycles. The Morgan fingerprint density at radius 1 is 0.795 bits per heavy atom. The molecule has 1 heterocycles. The minimum atomic E-state index is -0.558. The number of anilines is 2. The number of amides is 3. The Kier molecular flexibility index (Phi) is 9.87. The van der Waals surface area contributed by atoms with Crippen molar-refractivity contribution in [1.29, 1.82) is 0 Å². The molecule has 0 aliphatic carbocycles. The van der Waals surface area contributed by atoms with Crippen LogP contribution < -0.4 is 20.1 Å². The van der Waals surface area contributed by atoms with E-state index >= 15 is 0 Å². The Balaban J connectivity index is 1.51. The van der Waals surface area contributed by atoms with Crippen molar-refractivity contribution in [3.63, 3.8) is 0 Å². The van der Waals surface area contributed by atoms with Gasteiger partial charge in [-0.2, -0.15) is 0 Å². The number of ether oxygens (including phenoxy) is 3. The van der Waals surface area contributed by atoms with E-state index in [-0.39, 0.29) is 29.4 Å². The summed E-state index contributed by atoms with van der Waals surface area (Å²) in [5, 5.41) is 5.85. The van der Waals surface area contributed by atoms with Gasteiger partial charge in [0.1, 0.15) is 23.2 Å². The molecule has 0 spiro atoms. The largest absolute Gasteiger partial charge is 0.497 e. The molecule has 1 aliphatic rings. The topological polar surface area (TPSA) is 106 Å². The van der Waals surface area contributed by atoms with Gasteiger partial charge in [0, 0.05) is 31.5 Å². The summed E-state index contributed by atoms with van der Waals surface area (Å²) < 4.78 is 17.2. The second-order valence-corrected chi connectivity index (χ2v) is 12.9. The van der Waals surface area contributed by atoms with E-state index in [0.717, 1.165) is 5.56 Å². The maximum atomic E-state index is 13.7. The Bertz CT molecular complexity index is 1480. The van der Waals surface area contributed by atoms with Gasteiger partial charge < -0.3 is 29.7 Å². The molecule has 0 atom stereocenters. The molecule has 3 amide bonds. The summed E-state index contributed by atoms with van der Waals surface area (Å²) in [6.45, 7) is 12.9. The van der Waals surface area contributed by atoms with Crippen LogP contribution in [0.3, 0.4) is 0 Å². The summed E-state index contributed by atoms with van der Waals surface area (Å²) in [5.74, 6) is 0.451. The van der Waals surface area contributed by atoms with Crippen LogP contribution in [0.5, 0.6) is 11.5 Å². The Morgan fingerprint density at radius 3 is 1.93 bits per heavy atom. The van der Waals surface area contributed by atoms with Gasteiger partial charge >= 0.3 is 6.09 Å². The Labute approximate surface area is 259 Å². The van der Waals surface area contributed by atoms with Gasteiger partial charge in [-0.1, -0.05) is 39.0 Å². The van der Waals surface area contributed by atoms with Crippen LogP contribution in [0.2, 0.25) is 0 Å². The number of hydrogen-bond acceptors (Lipinski definition) is 6. The van der Waals surface area contributed by atoms with Gasteiger partial charge in [0.15, 0.2) is 0 Å². The number of nitrogens with one attached hydrogen (secondary N) is 2. The molecule has 4 rings (SSSR count). The number of para-hydroxylation sites is 2. The van der Waals surface area contributed by atoms with E-state index in [2.05, 4.69) is 31.4 Å². The van der Waals surface area contributed by atoms with Crippen LogP contribution in [0, 0.1) is 0 Å². The number of hydrogen-bond donors (Lipinski definition) is 2. The molecule has 1 aliphatic heterocycles. The minimum Gasteiger partial charge on any atom is -0.497 e. The van der Waals surface area contributed by atoms with E-state index in [0.29, 0.717) is 59.9 Å². The molecule has 1 saturated heterocycles. The number of likely N-dealkylation sites (tertiary alicyclic amines) is 1. The Hall–Kier alpha value is -4.53. The van der Waals surface area contributed by atoms with Crippen LogP contribution in [0.1, 0.15) is 80.7 Å². The van der Waals surface area contributed by atoms with Crippen molar-refractivity contribution in [2.45, 2.75) is 71.5 Å². The molecule has 9 nitrogen and oxygen atoms in total. The van der Waals surface area contributed by atoms with Gasteiger partial charge in [0.2, 0.25) is 0 Å². The summed E-state index contributed by atoms with van der Waals surface area (Å²) in [5.41, 5.74) is 2.06. The molecule has 0 bridgehead atoms. The minimum absolute atomic E-state index is 0.161. The van der Waals surface area contributed by atoms with Crippen molar-refractivity contribution in [2.75, 3.05) is 30.8 Å². The third-order valence-corrected chi connectivity index (χ3v) is 7.26. The van der Waals surface area contributed by atoms with Gasteiger partial charge in [-0.15, -0.1) is 0 Å². The summed E-state index contributed by atoms with van der Waals surface area (Å²) in [7, 11) is 1.57. The van der Waals surface area contributed by atoms with Crippen LogP contribution in [-0.2, 0) is 10.2 Å². The third-order valence-electron chi connectivity index (χ3n) is 7.26. The van der Waals surface area contributed by atoms with Gasteiger partial charge in [-0.05, 0) is 80.3 Å². The molecule has 3 aromatic carbocycles.